The molecule has 1 N–H and O–H groups in total. The lowest BCUT2D eigenvalue weighted by molar-refractivity contribution is 0.0949. The summed E-state index contributed by atoms with van der Waals surface area (Å²) in [6.45, 7) is 7.29. The SMILES string of the molecule is CCn1cc(C(=O)NCc2cnc(CC3CCN(C)CC3)cn2)c(C)n1. The van der Waals surface area contributed by atoms with Crippen LogP contribution in [0.3, 0.4) is 0 Å². The summed E-state index contributed by atoms with van der Waals surface area (Å²) in [5.41, 5.74) is 3.16. The smallest absolute Gasteiger partial charge is 0.255 e. The molecule has 0 radical (unpaired) electrons. The second-order valence-corrected chi connectivity index (χ2v) is 7.12. The van der Waals surface area contributed by atoms with Gasteiger partial charge in [0.15, 0.2) is 0 Å². The summed E-state index contributed by atoms with van der Waals surface area (Å²) in [6.07, 6.45) is 8.83. The molecule has 7 nitrogen and oxygen atoms in total. The number of hydrogen-bond donors (Lipinski definition) is 1. The molecular weight excluding hydrogens is 328 g/mol. The van der Waals surface area contributed by atoms with Crippen LogP contribution < -0.4 is 5.32 Å². The summed E-state index contributed by atoms with van der Waals surface area (Å²) in [6, 6.07) is 0. The van der Waals surface area contributed by atoms with E-state index in [1.807, 2.05) is 20.0 Å². The first-order chi connectivity index (χ1) is 12.5. The third kappa shape index (κ3) is 4.66. The fraction of sp³-hybridized carbons (Fsp3) is 0.579. The van der Waals surface area contributed by atoms with Crippen molar-refractivity contribution < 1.29 is 4.79 Å². The van der Waals surface area contributed by atoms with Gasteiger partial charge in [-0.05, 0) is 59.2 Å². The number of aromatic nitrogens is 4. The Bertz CT molecular complexity index is 731. The van der Waals surface area contributed by atoms with Gasteiger partial charge in [-0.15, -0.1) is 0 Å². The van der Waals surface area contributed by atoms with E-state index in [1.54, 1.807) is 17.1 Å². The lowest BCUT2D eigenvalue weighted by atomic mass is 9.92. The highest BCUT2D eigenvalue weighted by atomic mass is 16.1. The number of rotatable bonds is 6. The lowest BCUT2D eigenvalue weighted by Gasteiger charge is -2.28. The number of piperidine rings is 1. The number of nitrogens with one attached hydrogen (secondary N) is 1. The van der Waals surface area contributed by atoms with E-state index < -0.39 is 0 Å². The van der Waals surface area contributed by atoms with E-state index in [9.17, 15) is 4.79 Å². The molecule has 0 saturated carbocycles. The Labute approximate surface area is 154 Å². The second kappa shape index (κ2) is 8.40. The highest BCUT2D eigenvalue weighted by Gasteiger charge is 2.18. The number of hydrogen-bond acceptors (Lipinski definition) is 5. The molecule has 7 heteroatoms. The predicted molar refractivity (Wildman–Crippen MR) is 99.8 cm³/mol. The van der Waals surface area contributed by atoms with Crippen LogP contribution in [0.1, 0.15) is 47.2 Å². The van der Waals surface area contributed by atoms with Crippen molar-refractivity contribution in [1.29, 1.82) is 0 Å². The zero-order valence-electron chi connectivity index (χ0n) is 15.9. The molecule has 0 unspecified atom stereocenters. The minimum absolute atomic E-state index is 0.126. The zero-order valence-corrected chi connectivity index (χ0v) is 15.9. The Balaban J connectivity index is 1.51. The zero-order chi connectivity index (χ0) is 18.5. The highest BCUT2D eigenvalue weighted by molar-refractivity contribution is 5.94. The molecule has 2 aromatic heterocycles. The molecule has 0 bridgehead atoms. The Morgan fingerprint density at radius 2 is 1.92 bits per heavy atom. The highest BCUT2D eigenvalue weighted by Crippen LogP contribution is 2.19. The van der Waals surface area contributed by atoms with Crippen molar-refractivity contribution in [3.63, 3.8) is 0 Å². The first-order valence-electron chi connectivity index (χ1n) is 9.35. The maximum Gasteiger partial charge on any atom is 0.255 e. The van der Waals surface area contributed by atoms with E-state index in [1.165, 1.54) is 12.8 Å². The van der Waals surface area contributed by atoms with Crippen LogP contribution in [0.5, 0.6) is 0 Å². The van der Waals surface area contributed by atoms with E-state index in [4.69, 9.17) is 0 Å². The number of nitrogens with zero attached hydrogens (tertiary/aromatic N) is 5. The first kappa shape index (κ1) is 18.5. The van der Waals surface area contributed by atoms with Crippen LogP contribution >= 0.6 is 0 Å². The summed E-state index contributed by atoms with van der Waals surface area (Å²) in [7, 11) is 2.17. The molecule has 1 amide bonds. The van der Waals surface area contributed by atoms with E-state index in [2.05, 4.69) is 32.3 Å². The Hall–Kier alpha value is -2.28. The number of carbonyl (C=O) groups is 1. The van der Waals surface area contributed by atoms with Crippen molar-refractivity contribution in [1.82, 2.24) is 30.0 Å². The number of likely N-dealkylation sites (tertiary alicyclic amines) is 1. The number of carbonyl (C=O) groups excluding carboxylic acids is 1. The number of amides is 1. The maximum absolute atomic E-state index is 12.3. The van der Waals surface area contributed by atoms with Crippen molar-refractivity contribution in [3.8, 4) is 0 Å². The fourth-order valence-electron chi connectivity index (χ4n) is 3.31. The molecule has 2 aromatic rings. The maximum atomic E-state index is 12.3. The van der Waals surface area contributed by atoms with Crippen LogP contribution in [0.2, 0.25) is 0 Å². The van der Waals surface area contributed by atoms with Gasteiger partial charge in [0.25, 0.3) is 5.91 Å². The van der Waals surface area contributed by atoms with Crippen LogP contribution in [-0.2, 0) is 19.5 Å². The molecule has 0 spiro atoms. The van der Waals surface area contributed by atoms with Gasteiger partial charge in [-0.25, -0.2) is 0 Å². The third-order valence-electron chi connectivity index (χ3n) is 5.04. The molecule has 0 aromatic carbocycles. The normalized spacial score (nSPS) is 16.0. The van der Waals surface area contributed by atoms with Gasteiger partial charge in [0.1, 0.15) is 0 Å². The summed E-state index contributed by atoms with van der Waals surface area (Å²) in [5.74, 6) is 0.573. The van der Waals surface area contributed by atoms with Crippen molar-refractivity contribution in [2.24, 2.45) is 5.92 Å². The van der Waals surface area contributed by atoms with Crippen LogP contribution in [0.25, 0.3) is 0 Å². The largest absolute Gasteiger partial charge is 0.346 e. The Morgan fingerprint density at radius 1 is 1.23 bits per heavy atom. The summed E-state index contributed by atoms with van der Waals surface area (Å²) in [4.78, 5) is 23.7. The molecule has 3 heterocycles. The van der Waals surface area contributed by atoms with Crippen LogP contribution in [0.15, 0.2) is 18.6 Å². The topological polar surface area (TPSA) is 75.9 Å². The molecule has 1 saturated heterocycles. The van der Waals surface area contributed by atoms with E-state index in [-0.39, 0.29) is 5.91 Å². The quantitative estimate of drug-likeness (QED) is 0.854. The average molecular weight is 356 g/mol. The Morgan fingerprint density at radius 3 is 2.54 bits per heavy atom. The minimum atomic E-state index is -0.126. The van der Waals surface area contributed by atoms with Gasteiger partial charge in [-0.1, -0.05) is 0 Å². The van der Waals surface area contributed by atoms with Gasteiger partial charge in [0, 0.05) is 18.9 Å². The Kier molecular flexibility index (Phi) is 5.98. The average Bonchev–Trinajstić information content (AvgIpc) is 3.04. The van der Waals surface area contributed by atoms with Gasteiger partial charge in [-0.2, -0.15) is 5.10 Å². The summed E-state index contributed by atoms with van der Waals surface area (Å²) in [5, 5.41) is 7.20. The van der Waals surface area contributed by atoms with Gasteiger partial charge < -0.3 is 10.2 Å². The standard InChI is InChI=1S/C19H28N6O/c1-4-25-13-18(14(2)23-25)19(26)22-12-17-11-20-16(10-21-17)9-15-5-7-24(3)8-6-15/h10-11,13,15H,4-9,12H2,1-3H3,(H,22,26). The fourth-order valence-corrected chi connectivity index (χ4v) is 3.31. The molecule has 26 heavy (non-hydrogen) atoms. The van der Waals surface area contributed by atoms with Crippen molar-refractivity contribution in [2.45, 2.75) is 46.2 Å². The van der Waals surface area contributed by atoms with E-state index in [0.29, 0.717) is 18.0 Å². The van der Waals surface area contributed by atoms with Crippen molar-refractivity contribution >= 4 is 5.91 Å². The van der Waals surface area contributed by atoms with E-state index in [0.717, 1.165) is 43.1 Å². The number of aryl methyl sites for hydroxylation is 2. The molecule has 1 fully saturated rings. The summed E-state index contributed by atoms with van der Waals surface area (Å²) >= 11 is 0. The molecule has 0 aliphatic carbocycles. The molecular formula is C19H28N6O. The third-order valence-corrected chi connectivity index (χ3v) is 5.04. The van der Waals surface area contributed by atoms with Gasteiger partial charge >= 0.3 is 0 Å². The van der Waals surface area contributed by atoms with Gasteiger partial charge in [-0.3, -0.25) is 19.4 Å². The van der Waals surface area contributed by atoms with Crippen molar-refractivity contribution in [2.75, 3.05) is 20.1 Å². The first-order valence-corrected chi connectivity index (χ1v) is 9.35. The van der Waals surface area contributed by atoms with Crippen LogP contribution in [0.4, 0.5) is 0 Å². The molecule has 1 aliphatic rings. The molecule has 140 valence electrons. The van der Waals surface area contributed by atoms with Gasteiger partial charge in [0.2, 0.25) is 0 Å². The molecule has 1 aliphatic heterocycles. The molecule has 0 atom stereocenters. The minimum Gasteiger partial charge on any atom is -0.346 e. The lowest BCUT2D eigenvalue weighted by Crippen LogP contribution is -2.31. The summed E-state index contributed by atoms with van der Waals surface area (Å²) < 4.78 is 1.77. The van der Waals surface area contributed by atoms with Gasteiger partial charge in [0.05, 0.1) is 35.4 Å². The monoisotopic (exact) mass is 356 g/mol. The second-order valence-electron chi connectivity index (χ2n) is 7.12. The van der Waals surface area contributed by atoms with Crippen molar-refractivity contribution in [3.05, 3.63) is 41.2 Å². The van der Waals surface area contributed by atoms with Crippen LogP contribution in [0, 0.1) is 12.8 Å². The van der Waals surface area contributed by atoms with E-state index >= 15 is 0 Å². The molecule has 3 rings (SSSR count). The predicted octanol–water partition coefficient (Wildman–Crippen LogP) is 1.82. The van der Waals surface area contributed by atoms with Crippen LogP contribution in [-0.4, -0.2) is 50.7 Å².